The number of anilines is 1. The van der Waals surface area contributed by atoms with E-state index in [9.17, 15) is 19.1 Å². The zero-order valence-electron chi connectivity index (χ0n) is 15.5. The van der Waals surface area contributed by atoms with Gasteiger partial charge in [-0.05, 0) is 24.3 Å². The molecule has 8 nitrogen and oxygen atoms in total. The van der Waals surface area contributed by atoms with Crippen molar-refractivity contribution in [3.63, 3.8) is 0 Å². The molecule has 0 aliphatic heterocycles. The summed E-state index contributed by atoms with van der Waals surface area (Å²) >= 11 is 11.6. The summed E-state index contributed by atoms with van der Waals surface area (Å²) in [5.74, 6) is -1.84. The van der Waals surface area contributed by atoms with Gasteiger partial charge >= 0.3 is 0 Å². The van der Waals surface area contributed by atoms with Gasteiger partial charge in [-0.1, -0.05) is 35.3 Å². The molecule has 0 saturated heterocycles. The molecule has 0 unspecified atom stereocenters. The van der Waals surface area contributed by atoms with E-state index in [0.29, 0.717) is 5.52 Å². The lowest BCUT2D eigenvalue weighted by Gasteiger charge is -2.11. The predicted molar refractivity (Wildman–Crippen MR) is 113 cm³/mol. The summed E-state index contributed by atoms with van der Waals surface area (Å²) in [6, 6.07) is 8.95. The smallest absolute Gasteiger partial charge is 0.274 e. The maximum Gasteiger partial charge on any atom is 0.274 e. The highest BCUT2D eigenvalue weighted by atomic mass is 35.5. The van der Waals surface area contributed by atoms with Crippen molar-refractivity contribution in [2.45, 2.75) is 6.54 Å². The van der Waals surface area contributed by atoms with Crippen molar-refractivity contribution in [1.82, 2.24) is 19.5 Å². The van der Waals surface area contributed by atoms with Crippen molar-refractivity contribution in [3.8, 4) is 5.75 Å². The Hall–Kier alpha value is -3.56. The second-order valence-corrected chi connectivity index (χ2v) is 7.18. The fraction of sp³-hybridized carbons (Fsp3) is 0.0500. The van der Waals surface area contributed by atoms with Crippen LogP contribution in [0.3, 0.4) is 0 Å². The number of carbonyl (C=O) groups is 1. The molecular formula is C20H12Cl2FN5O3. The minimum Gasteiger partial charge on any atom is -0.504 e. The van der Waals surface area contributed by atoms with Gasteiger partial charge in [-0.15, -0.1) is 0 Å². The van der Waals surface area contributed by atoms with Crippen LogP contribution >= 0.6 is 23.2 Å². The number of halogens is 3. The topological polar surface area (TPSA) is 110 Å². The minimum atomic E-state index is -0.704. The first-order valence-corrected chi connectivity index (χ1v) is 9.54. The molecule has 4 rings (SSSR count). The molecule has 1 aromatic carbocycles. The molecule has 3 aromatic heterocycles. The van der Waals surface area contributed by atoms with E-state index in [4.69, 9.17) is 23.2 Å². The fourth-order valence-electron chi connectivity index (χ4n) is 2.92. The molecule has 3 heterocycles. The molecule has 0 spiro atoms. The molecule has 156 valence electrons. The Kier molecular flexibility index (Phi) is 5.53. The van der Waals surface area contributed by atoms with E-state index in [-0.39, 0.29) is 39.1 Å². The number of hydrogen-bond acceptors (Lipinski definition) is 6. The predicted octanol–water partition coefficient (Wildman–Crippen LogP) is 3.64. The number of benzene rings is 1. The zero-order chi connectivity index (χ0) is 22.1. The Morgan fingerprint density at radius 3 is 2.74 bits per heavy atom. The van der Waals surface area contributed by atoms with Gasteiger partial charge < -0.3 is 10.4 Å². The number of hydrogen-bond donors (Lipinski definition) is 2. The highest BCUT2D eigenvalue weighted by Crippen LogP contribution is 2.30. The van der Waals surface area contributed by atoms with E-state index in [2.05, 4.69) is 20.3 Å². The zero-order valence-corrected chi connectivity index (χ0v) is 17.0. The van der Waals surface area contributed by atoms with E-state index < -0.39 is 23.2 Å². The van der Waals surface area contributed by atoms with Crippen molar-refractivity contribution >= 4 is 45.7 Å². The molecule has 0 bridgehead atoms. The van der Waals surface area contributed by atoms with Gasteiger partial charge in [0.1, 0.15) is 5.69 Å². The first kappa shape index (κ1) is 20.7. The molecule has 0 atom stereocenters. The highest BCUT2D eigenvalue weighted by Gasteiger charge is 2.17. The van der Waals surface area contributed by atoms with Crippen LogP contribution in [0.25, 0.3) is 10.9 Å². The second-order valence-electron chi connectivity index (χ2n) is 6.41. The van der Waals surface area contributed by atoms with Crippen LogP contribution in [-0.2, 0) is 6.54 Å². The van der Waals surface area contributed by atoms with E-state index in [0.717, 1.165) is 6.07 Å². The van der Waals surface area contributed by atoms with Gasteiger partial charge in [0.2, 0.25) is 5.95 Å². The van der Waals surface area contributed by atoms with Crippen molar-refractivity contribution < 1.29 is 14.3 Å². The van der Waals surface area contributed by atoms with Crippen LogP contribution in [-0.4, -0.2) is 30.5 Å². The minimum absolute atomic E-state index is 0.0888. The van der Waals surface area contributed by atoms with Crippen LogP contribution in [0.5, 0.6) is 5.75 Å². The van der Waals surface area contributed by atoms with Crippen molar-refractivity contribution in [3.05, 3.63) is 86.7 Å². The van der Waals surface area contributed by atoms with Crippen LogP contribution < -0.4 is 10.9 Å². The normalized spacial score (nSPS) is 10.9. The van der Waals surface area contributed by atoms with Crippen LogP contribution in [0.4, 0.5) is 10.1 Å². The van der Waals surface area contributed by atoms with Gasteiger partial charge in [-0.2, -0.15) is 4.39 Å². The largest absolute Gasteiger partial charge is 0.504 e. The molecule has 4 aromatic rings. The first-order valence-electron chi connectivity index (χ1n) is 8.79. The average Bonchev–Trinajstić information content (AvgIpc) is 2.75. The summed E-state index contributed by atoms with van der Waals surface area (Å²) < 4.78 is 15.1. The standard InChI is InChI=1S/C20H12Cl2FN5O3/c21-11-7-14(26-17(22)16(11)29)19(30)27-13-5-1-4-12-15(13)20(31)28(9-25-12)8-10-3-2-6-24-18(10)23/h1-7,9,29H,8H2,(H,27,30). The number of aromatic nitrogens is 4. The van der Waals surface area contributed by atoms with Gasteiger partial charge in [0, 0.05) is 11.8 Å². The van der Waals surface area contributed by atoms with Gasteiger partial charge in [0.25, 0.3) is 11.5 Å². The Labute approximate surface area is 183 Å². The van der Waals surface area contributed by atoms with Crippen LogP contribution in [0.1, 0.15) is 16.1 Å². The molecule has 0 radical (unpaired) electrons. The lowest BCUT2D eigenvalue weighted by atomic mass is 10.2. The van der Waals surface area contributed by atoms with E-state index in [1.807, 2.05) is 0 Å². The lowest BCUT2D eigenvalue weighted by molar-refractivity contribution is 0.102. The number of rotatable bonds is 4. The van der Waals surface area contributed by atoms with Crippen LogP contribution in [0.15, 0.2) is 53.7 Å². The monoisotopic (exact) mass is 459 g/mol. The fourth-order valence-corrected chi connectivity index (χ4v) is 3.35. The van der Waals surface area contributed by atoms with Crippen molar-refractivity contribution in [1.29, 1.82) is 0 Å². The SMILES string of the molecule is O=C(Nc1cccc2ncn(Cc3cccnc3F)c(=O)c12)c1cc(Cl)c(O)c(Cl)n1. The molecule has 0 aliphatic rings. The number of fused-ring (bicyclic) bond motifs is 1. The number of aromatic hydroxyl groups is 1. The lowest BCUT2D eigenvalue weighted by Crippen LogP contribution is -2.23. The number of carbonyl (C=O) groups excluding carboxylic acids is 1. The quantitative estimate of drug-likeness (QED) is 0.450. The molecule has 0 saturated carbocycles. The number of nitrogens with one attached hydrogen (secondary N) is 1. The van der Waals surface area contributed by atoms with Crippen molar-refractivity contribution in [2.24, 2.45) is 0 Å². The summed E-state index contributed by atoms with van der Waals surface area (Å²) in [5, 5.41) is 11.8. The maximum atomic E-state index is 13.9. The third-order valence-corrected chi connectivity index (χ3v) is 4.97. The number of nitrogens with zero attached hydrogens (tertiary/aromatic N) is 4. The third-order valence-electron chi connectivity index (χ3n) is 4.41. The van der Waals surface area contributed by atoms with Gasteiger partial charge in [-0.25, -0.2) is 15.0 Å². The summed E-state index contributed by atoms with van der Waals surface area (Å²) in [7, 11) is 0. The van der Waals surface area contributed by atoms with E-state index in [1.54, 1.807) is 18.2 Å². The Balaban J connectivity index is 1.74. The summed E-state index contributed by atoms with van der Waals surface area (Å²) in [5.41, 5.74) is 0.0683. The molecular weight excluding hydrogens is 448 g/mol. The molecule has 1 amide bonds. The van der Waals surface area contributed by atoms with Crippen LogP contribution in [0.2, 0.25) is 10.2 Å². The Bertz CT molecular complexity index is 1370. The second kappa shape index (κ2) is 8.29. The van der Waals surface area contributed by atoms with Gasteiger partial charge in [0.05, 0.1) is 34.5 Å². The Morgan fingerprint density at radius 1 is 1.19 bits per heavy atom. The van der Waals surface area contributed by atoms with Gasteiger partial charge in [-0.3, -0.25) is 14.2 Å². The molecule has 31 heavy (non-hydrogen) atoms. The average molecular weight is 460 g/mol. The summed E-state index contributed by atoms with van der Waals surface area (Å²) in [6.45, 7) is -0.0888. The molecule has 11 heteroatoms. The van der Waals surface area contributed by atoms with Gasteiger partial charge in [0.15, 0.2) is 10.9 Å². The first-order chi connectivity index (χ1) is 14.8. The van der Waals surface area contributed by atoms with Crippen LogP contribution in [0, 0.1) is 5.95 Å². The summed E-state index contributed by atoms with van der Waals surface area (Å²) in [4.78, 5) is 37.3. The highest BCUT2D eigenvalue weighted by molar-refractivity contribution is 6.36. The van der Waals surface area contributed by atoms with E-state index in [1.165, 1.54) is 29.2 Å². The third kappa shape index (κ3) is 4.05. The van der Waals surface area contributed by atoms with Crippen molar-refractivity contribution in [2.75, 3.05) is 5.32 Å². The number of pyridine rings is 2. The molecule has 0 fully saturated rings. The molecule has 2 N–H and O–H groups in total. The molecule has 0 aliphatic carbocycles. The summed E-state index contributed by atoms with van der Waals surface area (Å²) in [6.07, 6.45) is 2.60. The number of amides is 1. The maximum absolute atomic E-state index is 13.9. The van der Waals surface area contributed by atoms with E-state index >= 15 is 0 Å². The Morgan fingerprint density at radius 2 is 2.00 bits per heavy atom.